The number of halogens is 1. The van der Waals surface area contributed by atoms with Crippen LogP contribution in [0.25, 0.3) is 0 Å². The summed E-state index contributed by atoms with van der Waals surface area (Å²) in [6.07, 6.45) is 6.01. The minimum absolute atomic E-state index is 0.546. The van der Waals surface area contributed by atoms with E-state index in [9.17, 15) is 0 Å². The van der Waals surface area contributed by atoms with E-state index in [0.717, 1.165) is 81.8 Å². The van der Waals surface area contributed by atoms with E-state index < -0.39 is 0 Å². The molecule has 0 aliphatic carbocycles. The molecule has 0 bridgehead atoms. The predicted molar refractivity (Wildman–Crippen MR) is 124 cm³/mol. The first-order valence-corrected chi connectivity index (χ1v) is 12.1. The van der Waals surface area contributed by atoms with E-state index in [1.54, 1.807) is 6.26 Å². The van der Waals surface area contributed by atoms with Crippen molar-refractivity contribution in [3.8, 4) is 0 Å². The maximum Gasteiger partial charge on any atom is 0.193 e. The van der Waals surface area contributed by atoms with Gasteiger partial charge in [0.15, 0.2) is 5.96 Å². The Bertz CT molecular complexity index is 783. The molecule has 7 heteroatoms. The van der Waals surface area contributed by atoms with E-state index in [0.29, 0.717) is 11.2 Å². The van der Waals surface area contributed by atoms with E-state index in [1.807, 2.05) is 36.0 Å². The van der Waals surface area contributed by atoms with Gasteiger partial charge in [-0.05, 0) is 55.7 Å². The second-order valence-electron chi connectivity index (χ2n) is 7.91. The Kier molecular flexibility index (Phi) is 8.01. The number of furan rings is 1. The van der Waals surface area contributed by atoms with Crippen molar-refractivity contribution in [3.05, 3.63) is 53.4 Å². The van der Waals surface area contributed by atoms with Crippen LogP contribution < -0.4 is 5.32 Å². The molecule has 2 aliphatic rings. The zero-order valence-electron chi connectivity index (χ0n) is 17.3. The van der Waals surface area contributed by atoms with Gasteiger partial charge in [-0.15, -0.1) is 11.8 Å². The number of ether oxygens (including phenoxy) is 1. The highest BCUT2D eigenvalue weighted by Crippen LogP contribution is 2.31. The molecule has 3 heterocycles. The lowest BCUT2D eigenvalue weighted by atomic mass is 10.1. The maximum atomic E-state index is 6.01. The highest BCUT2D eigenvalue weighted by Gasteiger charge is 2.23. The third-order valence-corrected chi connectivity index (χ3v) is 7.22. The van der Waals surface area contributed by atoms with Gasteiger partial charge in [0.25, 0.3) is 0 Å². The predicted octanol–water partition coefficient (Wildman–Crippen LogP) is 4.71. The molecular formula is C23H30ClN3O2S. The van der Waals surface area contributed by atoms with Gasteiger partial charge >= 0.3 is 0 Å². The van der Waals surface area contributed by atoms with E-state index >= 15 is 0 Å². The number of rotatable bonds is 7. The molecule has 2 aliphatic heterocycles. The van der Waals surface area contributed by atoms with Crippen LogP contribution in [0.15, 0.2) is 57.0 Å². The summed E-state index contributed by atoms with van der Waals surface area (Å²) in [4.78, 5) is 8.68. The van der Waals surface area contributed by atoms with E-state index in [4.69, 9.17) is 25.7 Å². The zero-order valence-corrected chi connectivity index (χ0v) is 18.8. The Balaban J connectivity index is 1.30. The molecule has 30 heavy (non-hydrogen) atoms. The van der Waals surface area contributed by atoms with Gasteiger partial charge < -0.3 is 19.4 Å². The Morgan fingerprint density at radius 2 is 2.00 bits per heavy atom. The summed E-state index contributed by atoms with van der Waals surface area (Å²) < 4.78 is 11.0. The molecule has 1 aromatic carbocycles. The molecule has 5 nitrogen and oxygen atoms in total. The monoisotopic (exact) mass is 447 g/mol. The van der Waals surface area contributed by atoms with Gasteiger partial charge in [-0.25, -0.2) is 0 Å². The lowest BCUT2D eigenvalue weighted by molar-refractivity contribution is 0.187. The molecule has 0 amide bonds. The fourth-order valence-corrected chi connectivity index (χ4v) is 5.10. The first kappa shape index (κ1) is 21.6. The van der Waals surface area contributed by atoms with Gasteiger partial charge in [0.1, 0.15) is 5.76 Å². The average Bonchev–Trinajstić information content (AvgIpc) is 3.47. The number of hydrogen-bond acceptors (Lipinski definition) is 4. The Morgan fingerprint density at radius 3 is 2.70 bits per heavy atom. The van der Waals surface area contributed by atoms with Crippen molar-refractivity contribution < 1.29 is 9.15 Å². The van der Waals surface area contributed by atoms with Crippen LogP contribution in [0.5, 0.6) is 0 Å². The van der Waals surface area contributed by atoms with Crippen molar-refractivity contribution >= 4 is 29.3 Å². The summed E-state index contributed by atoms with van der Waals surface area (Å²) >= 11 is 7.97. The molecule has 2 aromatic rings. The molecule has 0 spiro atoms. The highest BCUT2D eigenvalue weighted by molar-refractivity contribution is 8.00. The first-order chi connectivity index (χ1) is 14.8. The second-order valence-corrected chi connectivity index (χ2v) is 9.72. The van der Waals surface area contributed by atoms with Crippen LogP contribution >= 0.6 is 23.4 Å². The molecule has 1 N–H and O–H groups in total. The molecule has 2 saturated heterocycles. The minimum Gasteiger partial charge on any atom is -0.469 e. The Morgan fingerprint density at radius 1 is 1.17 bits per heavy atom. The molecule has 1 aromatic heterocycles. The number of thioether (sulfide) groups is 1. The van der Waals surface area contributed by atoms with Crippen molar-refractivity contribution in [2.75, 3.05) is 39.4 Å². The number of nitrogens with zero attached hydrogens (tertiary/aromatic N) is 2. The van der Waals surface area contributed by atoms with Crippen LogP contribution in [0.4, 0.5) is 0 Å². The van der Waals surface area contributed by atoms with Gasteiger partial charge in [-0.3, -0.25) is 4.99 Å². The van der Waals surface area contributed by atoms with Crippen LogP contribution in [-0.2, 0) is 11.2 Å². The largest absolute Gasteiger partial charge is 0.469 e. The summed E-state index contributed by atoms with van der Waals surface area (Å²) in [5, 5.41) is 5.01. The summed E-state index contributed by atoms with van der Waals surface area (Å²) in [5.41, 5.74) is 0. The van der Waals surface area contributed by atoms with E-state index in [1.165, 1.54) is 4.90 Å². The Labute approximate surface area is 188 Å². The summed E-state index contributed by atoms with van der Waals surface area (Å²) in [6, 6.07) is 12.1. The van der Waals surface area contributed by atoms with Gasteiger partial charge in [-0.1, -0.05) is 11.6 Å². The fourth-order valence-electron chi connectivity index (χ4n) is 3.85. The van der Waals surface area contributed by atoms with Crippen molar-refractivity contribution in [1.82, 2.24) is 10.2 Å². The molecule has 1 unspecified atom stereocenters. The maximum absolute atomic E-state index is 6.01. The Hall–Kier alpha value is -1.63. The van der Waals surface area contributed by atoms with Crippen molar-refractivity contribution in [2.24, 2.45) is 10.9 Å². The molecule has 1 atom stereocenters. The lowest BCUT2D eigenvalue weighted by Gasteiger charge is -2.34. The molecule has 0 radical (unpaired) electrons. The van der Waals surface area contributed by atoms with Gasteiger partial charge in [0.2, 0.25) is 0 Å². The minimum atomic E-state index is 0.546. The van der Waals surface area contributed by atoms with Crippen molar-refractivity contribution in [2.45, 2.75) is 35.8 Å². The number of benzene rings is 1. The summed E-state index contributed by atoms with van der Waals surface area (Å²) in [5.74, 6) is 2.58. The number of likely N-dealkylation sites (tertiary alicyclic amines) is 1. The highest BCUT2D eigenvalue weighted by atomic mass is 35.5. The number of guanidine groups is 1. The second kappa shape index (κ2) is 11.1. The standard InChI is InChI=1S/C23H30ClN3O2S/c24-19-3-5-21(6-4-19)30-22-8-12-27(13-9-22)23(26-16-18-10-15-28-17-18)25-11-7-20-2-1-14-29-20/h1-6,14,18,22H,7-13,15-17H2,(H,25,26). The number of piperidine rings is 1. The third kappa shape index (κ3) is 6.43. The molecule has 162 valence electrons. The summed E-state index contributed by atoms with van der Waals surface area (Å²) in [7, 11) is 0. The van der Waals surface area contributed by atoms with Gasteiger partial charge in [0, 0.05) is 60.3 Å². The van der Waals surface area contributed by atoms with E-state index in [2.05, 4.69) is 22.3 Å². The number of hydrogen-bond donors (Lipinski definition) is 1. The SMILES string of the molecule is Clc1ccc(SC2CCN(C(=NCC3CCOC3)NCCc3ccco3)CC2)cc1. The van der Waals surface area contributed by atoms with Crippen LogP contribution in [0.1, 0.15) is 25.0 Å². The molecule has 4 rings (SSSR count). The van der Waals surface area contributed by atoms with Crippen LogP contribution in [0, 0.1) is 5.92 Å². The first-order valence-electron chi connectivity index (χ1n) is 10.8. The van der Waals surface area contributed by atoms with Crippen molar-refractivity contribution in [3.63, 3.8) is 0 Å². The molecule has 0 saturated carbocycles. The van der Waals surface area contributed by atoms with Gasteiger partial charge in [0.05, 0.1) is 12.9 Å². The molecule has 2 fully saturated rings. The summed E-state index contributed by atoms with van der Waals surface area (Å²) in [6.45, 7) is 5.42. The number of aliphatic imine (C=N–C) groups is 1. The quantitative estimate of drug-likeness (QED) is 0.491. The molecular weight excluding hydrogens is 418 g/mol. The van der Waals surface area contributed by atoms with Crippen LogP contribution in [0.3, 0.4) is 0 Å². The third-order valence-electron chi connectivity index (χ3n) is 5.62. The lowest BCUT2D eigenvalue weighted by Crippen LogP contribution is -2.47. The zero-order chi connectivity index (χ0) is 20.6. The fraction of sp³-hybridized carbons (Fsp3) is 0.522. The van der Waals surface area contributed by atoms with Crippen molar-refractivity contribution in [1.29, 1.82) is 0 Å². The topological polar surface area (TPSA) is 50.0 Å². The normalized spacial score (nSPS) is 20.6. The van der Waals surface area contributed by atoms with Gasteiger partial charge in [-0.2, -0.15) is 0 Å². The number of nitrogens with one attached hydrogen (secondary N) is 1. The van der Waals surface area contributed by atoms with Crippen LogP contribution in [0.2, 0.25) is 5.02 Å². The smallest absolute Gasteiger partial charge is 0.193 e. The average molecular weight is 448 g/mol. The van der Waals surface area contributed by atoms with Crippen LogP contribution in [-0.4, -0.2) is 55.5 Å². The van der Waals surface area contributed by atoms with E-state index in [-0.39, 0.29) is 0 Å².